The van der Waals surface area contributed by atoms with Gasteiger partial charge in [0.15, 0.2) is 5.76 Å². The predicted molar refractivity (Wildman–Crippen MR) is 75.2 cm³/mol. The van der Waals surface area contributed by atoms with Crippen LogP contribution < -0.4 is 4.72 Å². The van der Waals surface area contributed by atoms with E-state index in [0.29, 0.717) is 12.1 Å². The zero-order valence-electron chi connectivity index (χ0n) is 11.7. The molecule has 0 unspecified atom stereocenters. The molecule has 0 bridgehead atoms. The third-order valence-corrected chi connectivity index (χ3v) is 5.41. The summed E-state index contributed by atoms with van der Waals surface area (Å²) in [6.45, 7) is 3.12. The maximum Gasteiger partial charge on any atom is 0.246 e. The van der Waals surface area contributed by atoms with Crippen molar-refractivity contribution in [2.75, 3.05) is 0 Å². The van der Waals surface area contributed by atoms with Crippen molar-refractivity contribution in [1.82, 2.24) is 9.88 Å². The number of aromatic nitrogens is 1. The van der Waals surface area contributed by atoms with E-state index in [-0.39, 0.29) is 10.7 Å². The van der Waals surface area contributed by atoms with E-state index in [1.165, 1.54) is 0 Å². The number of fused-ring (bicyclic) bond motifs is 1. The molecule has 7 heteroatoms. The Morgan fingerprint density at radius 3 is 2.71 bits per heavy atom. The Balaban J connectivity index is 1.97. The van der Waals surface area contributed by atoms with E-state index in [1.54, 1.807) is 13.8 Å². The van der Waals surface area contributed by atoms with Crippen LogP contribution in [0.25, 0.3) is 0 Å². The number of aryl methyl sites for hydroxylation is 2. The molecule has 21 heavy (non-hydrogen) atoms. The summed E-state index contributed by atoms with van der Waals surface area (Å²) in [6, 6.07) is 6.76. The first-order chi connectivity index (χ1) is 9.90. The number of rotatable bonds is 3. The molecule has 1 aliphatic rings. The summed E-state index contributed by atoms with van der Waals surface area (Å²) in [5.74, 6) is 0.237. The van der Waals surface area contributed by atoms with Crippen LogP contribution in [0.4, 0.5) is 0 Å². The number of hydrogen-bond donors (Lipinski definition) is 2. The lowest BCUT2D eigenvalue weighted by Gasteiger charge is -2.17. The minimum atomic E-state index is -3.80. The fourth-order valence-electron chi connectivity index (χ4n) is 2.80. The fraction of sp³-hybridized carbons (Fsp3) is 0.357. The van der Waals surface area contributed by atoms with Gasteiger partial charge in [-0.3, -0.25) is 0 Å². The Morgan fingerprint density at radius 2 is 2.05 bits per heavy atom. The van der Waals surface area contributed by atoms with E-state index in [1.807, 2.05) is 24.3 Å². The fourth-order valence-corrected chi connectivity index (χ4v) is 4.38. The van der Waals surface area contributed by atoms with Crippen LogP contribution >= 0.6 is 0 Å². The number of benzene rings is 1. The van der Waals surface area contributed by atoms with Crippen LogP contribution in [-0.4, -0.2) is 24.8 Å². The maximum atomic E-state index is 12.5. The van der Waals surface area contributed by atoms with Gasteiger partial charge in [-0.2, -0.15) is 0 Å². The van der Waals surface area contributed by atoms with Crippen LogP contribution in [0.5, 0.6) is 0 Å². The highest BCUT2D eigenvalue weighted by Gasteiger charge is 2.36. The molecular formula is C14H16N2O4S. The molecule has 2 atom stereocenters. The van der Waals surface area contributed by atoms with Crippen molar-refractivity contribution in [3.63, 3.8) is 0 Å². The Bertz CT molecular complexity index is 763. The lowest BCUT2D eigenvalue weighted by Crippen LogP contribution is -2.34. The van der Waals surface area contributed by atoms with E-state index >= 15 is 0 Å². The zero-order valence-corrected chi connectivity index (χ0v) is 12.5. The summed E-state index contributed by atoms with van der Waals surface area (Å²) < 4.78 is 32.5. The van der Waals surface area contributed by atoms with Gasteiger partial charge < -0.3 is 9.63 Å². The van der Waals surface area contributed by atoms with E-state index in [4.69, 9.17) is 4.52 Å². The molecule has 3 rings (SSSR count). The average Bonchev–Trinajstić information content (AvgIpc) is 2.91. The number of aliphatic hydroxyl groups excluding tert-OH is 1. The second-order valence-electron chi connectivity index (χ2n) is 5.22. The predicted octanol–water partition coefficient (Wildman–Crippen LogP) is 1.23. The lowest BCUT2D eigenvalue weighted by molar-refractivity contribution is 0.151. The van der Waals surface area contributed by atoms with Crippen LogP contribution in [0, 0.1) is 13.8 Å². The summed E-state index contributed by atoms with van der Waals surface area (Å²) >= 11 is 0. The molecule has 1 heterocycles. The first-order valence-electron chi connectivity index (χ1n) is 6.61. The largest absolute Gasteiger partial charge is 0.391 e. The van der Waals surface area contributed by atoms with Crippen molar-refractivity contribution in [3.8, 4) is 0 Å². The Labute approximate surface area is 122 Å². The van der Waals surface area contributed by atoms with Crippen molar-refractivity contribution < 1.29 is 18.0 Å². The third kappa shape index (κ3) is 2.37. The molecule has 0 saturated carbocycles. The van der Waals surface area contributed by atoms with Crippen molar-refractivity contribution in [3.05, 3.63) is 46.8 Å². The van der Waals surface area contributed by atoms with Gasteiger partial charge in [-0.05, 0) is 25.0 Å². The topological polar surface area (TPSA) is 92.4 Å². The van der Waals surface area contributed by atoms with Gasteiger partial charge in [0.2, 0.25) is 10.0 Å². The van der Waals surface area contributed by atoms with Crippen LogP contribution in [0.15, 0.2) is 33.7 Å². The van der Waals surface area contributed by atoms with Crippen LogP contribution in [0.2, 0.25) is 0 Å². The van der Waals surface area contributed by atoms with Crippen molar-refractivity contribution in [2.24, 2.45) is 0 Å². The molecule has 2 N–H and O–H groups in total. The van der Waals surface area contributed by atoms with Gasteiger partial charge in [-0.1, -0.05) is 29.4 Å². The van der Waals surface area contributed by atoms with Crippen LogP contribution in [-0.2, 0) is 16.4 Å². The minimum Gasteiger partial charge on any atom is -0.391 e. The lowest BCUT2D eigenvalue weighted by atomic mass is 10.1. The first-order valence-corrected chi connectivity index (χ1v) is 8.09. The van der Waals surface area contributed by atoms with E-state index < -0.39 is 22.2 Å². The minimum absolute atomic E-state index is 0.0408. The number of sulfonamides is 1. The molecule has 0 radical (unpaired) electrons. The summed E-state index contributed by atoms with van der Waals surface area (Å²) in [6.07, 6.45) is -0.344. The van der Waals surface area contributed by atoms with Crippen molar-refractivity contribution >= 4 is 10.0 Å². The number of nitrogens with zero attached hydrogens (tertiary/aromatic N) is 1. The van der Waals surface area contributed by atoms with Gasteiger partial charge in [-0.15, -0.1) is 0 Å². The SMILES string of the molecule is Cc1noc(C)c1S(=O)(=O)N[C@H]1c2ccccc2C[C@H]1O. The van der Waals surface area contributed by atoms with E-state index in [0.717, 1.165) is 11.1 Å². The van der Waals surface area contributed by atoms with Gasteiger partial charge in [0.1, 0.15) is 10.6 Å². The molecule has 0 aliphatic heterocycles. The van der Waals surface area contributed by atoms with Crippen LogP contribution in [0.3, 0.4) is 0 Å². The molecular weight excluding hydrogens is 292 g/mol. The maximum absolute atomic E-state index is 12.5. The molecule has 1 aromatic carbocycles. The highest BCUT2D eigenvalue weighted by atomic mass is 32.2. The average molecular weight is 308 g/mol. The third-order valence-electron chi connectivity index (χ3n) is 3.72. The monoisotopic (exact) mass is 308 g/mol. The number of aliphatic hydroxyl groups is 1. The number of hydrogen-bond acceptors (Lipinski definition) is 5. The van der Waals surface area contributed by atoms with Gasteiger partial charge >= 0.3 is 0 Å². The van der Waals surface area contributed by atoms with Gasteiger partial charge in [-0.25, -0.2) is 13.1 Å². The summed E-state index contributed by atoms with van der Waals surface area (Å²) in [7, 11) is -3.80. The molecule has 1 aromatic heterocycles. The zero-order chi connectivity index (χ0) is 15.2. The molecule has 0 amide bonds. The Kier molecular flexibility index (Phi) is 3.35. The molecule has 0 spiro atoms. The second kappa shape index (κ2) is 4.94. The summed E-state index contributed by atoms with van der Waals surface area (Å²) in [5, 5.41) is 13.8. The smallest absolute Gasteiger partial charge is 0.246 e. The molecule has 0 saturated heterocycles. The molecule has 6 nitrogen and oxygen atoms in total. The van der Waals surface area contributed by atoms with Gasteiger partial charge in [0, 0.05) is 6.42 Å². The van der Waals surface area contributed by atoms with Gasteiger partial charge in [0.25, 0.3) is 0 Å². The van der Waals surface area contributed by atoms with E-state index in [9.17, 15) is 13.5 Å². The van der Waals surface area contributed by atoms with Crippen molar-refractivity contribution in [2.45, 2.75) is 37.3 Å². The summed E-state index contributed by atoms with van der Waals surface area (Å²) in [4.78, 5) is 0.0408. The molecule has 2 aromatic rings. The number of nitrogens with one attached hydrogen (secondary N) is 1. The Morgan fingerprint density at radius 1 is 1.33 bits per heavy atom. The summed E-state index contributed by atoms with van der Waals surface area (Å²) in [5.41, 5.74) is 2.07. The first kappa shape index (κ1) is 14.2. The normalized spacial score (nSPS) is 21.5. The molecule has 1 aliphatic carbocycles. The van der Waals surface area contributed by atoms with Crippen LogP contribution in [0.1, 0.15) is 28.6 Å². The van der Waals surface area contributed by atoms with E-state index in [2.05, 4.69) is 9.88 Å². The molecule has 0 fully saturated rings. The quantitative estimate of drug-likeness (QED) is 0.889. The van der Waals surface area contributed by atoms with Crippen molar-refractivity contribution in [1.29, 1.82) is 0 Å². The second-order valence-corrected chi connectivity index (χ2v) is 6.87. The standard InChI is InChI=1S/C14H16N2O4S/c1-8-14(9(2)20-15-8)21(18,19)16-13-11-6-4-3-5-10(11)7-12(13)17/h3-6,12-13,16-17H,7H2,1-2H3/t12-,13+/m1/s1. The highest BCUT2D eigenvalue weighted by Crippen LogP contribution is 2.33. The molecule has 112 valence electrons. The Hall–Kier alpha value is -1.70. The highest BCUT2D eigenvalue weighted by molar-refractivity contribution is 7.89. The van der Waals surface area contributed by atoms with Gasteiger partial charge in [0.05, 0.1) is 12.1 Å².